The maximum Gasteiger partial charge on any atom is 0.0712 e. The van der Waals surface area contributed by atoms with Crippen LogP contribution < -0.4 is 0 Å². The van der Waals surface area contributed by atoms with Gasteiger partial charge in [-0.3, -0.25) is 0 Å². The quantitative estimate of drug-likeness (QED) is 0.410. The number of benzene rings is 3. The lowest BCUT2D eigenvalue weighted by Gasteiger charge is -2.13. The van der Waals surface area contributed by atoms with E-state index in [1.54, 1.807) is 0 Å². The number of aromatic nitrogens is 1. The molecule has 25 heavy (non-hydrogen) atoms. The minimum Gasteiger partial charge on any atom is -0.248 e. The van der Waals surface area contributed by atoms with Crippen molar-refractivity contribution in [1.29, 1.82) is 0 Å². The fourth-order valence-corrected chi connectivity index (χ4v) is 3.59. The third-order valence-corrected chi connectivity index (χ3v) is 4.87. The zero-order valence-corrected chi connectivity index (χ0v) is 14.9. The maximum absolute atomic E-state index is 4.84. The number of hydrogen-bond donors (Lipinski definition) is 0. The highest BCUT2D eigenvalue weighted by molar-refractivity contribution is 5.82. The van der Waals surface area contributed by atoms with Crippen LogP contribution in [-0.2, 0) is 0 Å². The number of aryl methyl sites for hydroxylation is 3. The van der Waals surface area contributed by atoms with Gasteiger partial charge in [-0.05, 0) is 60.7 Å². The molecule has 0 fully saturated rings. The molecule has 0 bridgehead atoms. The Balaban J connectivity index is 1.82. The van der Waals surface area contributed by atoms with Gasteiger partial charge >= 0.3 is 0 Å². The van der Waals surface area contributed by atoms with Crippen LogP contribution >= 0.6 is 0 Å². The van der Waals surface area contributed by atoms with Crippen LogP contribution in [0.5, 0.6) is 0 Å². The molecule has 1 heteroatoms. The Labute approximate surface area is 149 Å². The lowest BCUT2D eigenvalue weighted by Crippen LogP contribution is -1.92. The molecule has 0 unspecified atom stereocenters. The Morgan fingerprint density at radius 2 is 1.40 bits per heavy atom. The molecule has 4 rings (SSSR count). The van der Waals surface area contributed by atoms with Gasteiger partial charge in [-0.15, -0.1) is 0 Å². The molecule has 0 atom stereocenters. The first kappa shape index (κ1) is 15.6. The van der Waals surface area contributed by atoms with Crippen molar-refractivity contribution in [2.75, 3.05) is 0 Å². The molecule has 0 aliphatic carbocycles. The SMILES string of the molecule is Cc1cc(-c2c(C)cccc2C)ccc1-c1ccc2ccccc2n1. The standard InChI is InChI=1S/C24H21N/c1-16-7-6-8-17(2)24(16)20-11-13-21(18(3)15-20)23-14-12-19-9-4-5-10-22(19)25-23/h4-15H,1-3H3. The van der Waals surface area contributed by atoms with Crippen molar-refractivity contribution < 1.29 is 0 Å². The zero-order valence-electron chi connectivity index (χ0n) is 14.9. The average molecular weight is 323 g/mol. The van der Waals surface area contributed by atoms with Gasteiger partial charge in [0.05, 0.1) is 11.2 Å². The first-order valence-electron chi connectivity index (χ1n) is 8.67. The molecule has 0 spiro atoms. The molecule has 3 aromatic carbocycles. The number of pyridine rings is 1. The predicted molar refractivity (Wildman–Crippen MR) is 107 cm³/mol. The molecule has 0 aliphatic rings. The Morgan fingerprint density at radius 1 is 0.640 bits per heavy atom. The molecule has 0 aliphatic heterocycles. The average Bonchev–Trinajstić information content (AvgIpc) is 2.61. The molecule has 0 saturated carbocycles. The summed E-state index contributed by atoms with van der Waals surface area (Å²) < 4.78 is 0. The summed E-state index contributed by atoms with van der Waals surface area (Å²) in [6, 6.07) is 25.7. The predicted octanol–water partition coefficient (Wildman–Crippen LogP) is 6.49. The number of hydrogen-bond acceptors (Lipinski definition) is 1. The van der Waals surface area contributed by atoms with Crippen molar-refractivity contribution in [3.63, 3.8) is 0 Å². The van der Waals surface area contributed by atoms with E-state index in [9.17, 15) is 0 Å². The second kappa shape index (κ2) is 6.18. The van der Waals surface area contributed by atoms with Crippen molar-refractivity contribution in [2.45, 2.75) is 20.8 Å². The second-order valence-electron chi connectivity index (χ2n) is 6.69. The Hall–Kier alpha value is -2.93. The first-order valence-corrected chi connectivity index (χ1v) is 8.67. The molecule has 1 heterocycles. The van der Waals surface area contributed by atoms with Crippen LogP contribution in [0.2, 0.25) is 0 Å². The Morgan fingerprint density at radius 3 is 2.16 bits per heavy atom. The van der Waals surface area contributed by atoms with Gasteiger partial charge < -0.3 is 0 Å². The van der Waals surface area contributed by atoms with Gasteiger partial charge in [-0.25, -0.2) is 4.98 Å². The second-order valence-corrected chi connectivity index (χ2v) is 6.69. The van der Waals surface area contributed by atoms with Crippen molar-refractivity contribution >= 4 is 10.9 Å². The van der Waals surface area contributed by atoms with Crippen LogP contribution in [-0.4, -0.2) is 4.98 Å². The topological polar surface area (TPSA) is 12.9 Å². The molecule has 122 valence electrons. The number of para-hydroxylation sites is 1. The van der Waals surface area contributed by atoms with Crippen molar-refractivity contribution in [1.82, 2.24) is 4.98 Å². The minimum absolute atomic E-state index is 1.03. The van der Waals surface area contributed by atoms with Crippen LogP contribution in [0.1, 0.15) is 16.7 Å². The third-order valence-electron chi connectivity index (χ3n) is 4.87. The maximum atomic E-state index is 4.84. The normalized spacial score (nSPS) is 11.0. The monoisotopic (exact) mass is 323 g/mol. The van der Waals surface area contributed by atoms with E-state index in [1.807, 2.05) is 12.1 Å². The van der Waals surface area contributed by atoms with Crippen LogP contribution in [0.3, 0.4) is 0 Å². The van der Waals surface area contributed by atoms with Gasteiger partial charge in [-0.2, -0.15) is 0 Å². The summed E-state index contributed by atoms with van der Waals surface area (Å²) in [5, 5.41) is 1.18. The summed E-state index contributed by atoms with van der Waals surface area (Å²) in [6.45, 7) is 6.52. The fourth-order valence-electron chi connectivity index (χ4n) is 3.59. The van der Waals surface area contributed by atoms with E-state index in [1.165, 1.54) is 38.8 Å². The van der Waals surface area contributed by atoms with Crippen molar-refractivity contribution in [3.8, 4) is 22.4 Å². The summed E-state index contributed by atoms with van der Waals surface area (Å²) in [6.07, 6.45) is 0. The van der Waals surface area contributed by atoms with Gasteiger partial charge in [0.25, 0.3) is 0 Å². The smallest absolute Gasteiger partial charge is 0.0712 e. The van der Waals surface area contributed by atoms with E-state index in [4.69, 9.17) is 4.98 Å². The van der Waals surface area contributed by atoms with Crippen LogP contribution in [0.25, 0.3) is 33.3 Å². The van der Waals surface area contributed by atoms with E-state index in [2.05, 4.69) is 81.4 Å². The van der Waals surface area contributed by atoms with Gasteiger partial charge in [0.1, 0.15) is 0 Å². The summed E-state index contributed by atoms with van der Waals surface area (Å²) in [5.41, 5.74) is 9.76. The molecule has 1 nitrogen and oxygen atoms in total. The van der Waals surface area contributed by atoms with E-state index in [0.717, 1.165) is 11.2 Å². The number of fused-ring (bicyclic) bond motifs is 1. The summed E-state index contributed by atoms with van der Waals surface area (Å²) in [4.78, 5) is 4.84. The third kappa shape index (κ3) is 2.83. The lowest BCUT2D eigenvalue weighted by atomic mass is 9.92. The number of rotatable bonds is 2. The van der Waals surface area contributed by atoms with Gasteiger partial charge in [-0.1, -0.05) is 60.7 Å². The molecule has 0 amide bonds. The Kier molecular flexibility index (Phi) is 3.85. The molecule has 1 aromatic heterocycles. The van der Waals surface area contributed by atoms with Crippen LogP contribution in [0.4, 0.5) is 0 Å². The van der Waals surface area contributed by atoms with E-state index in [0.29, 0.717) is 0 Å². The van der Waals surface area contributed by atoms with Gasteiger partial charge in [0.2, 0.25) is 0 Å². The van der Waals surface area contributed by atoms with Crippen LogP contribution in [0.15, 0.2) is 72.8 Å². The minimum atomic E-state index is 1.03. The summed E-state index contributed by atoms with van der Waals surface area (Å²) >= 11 is 0. The van der Waals surface area contributed by atoms with E-state index in [-0.39, 0.29) is 0 Å². The molecule has 0 saturated heterocycles. The van der Waals surface area contributed by atoms with E-state index < -0.39 is 0 Å². The molecule has 4 aromatic rings. The Bertz CT molecular complexity index is 1060. The van der Waals surface area contributed by atoms with Crippen molar-refractivity contribution in [3.05, 3.63) is 89.5 Å². The summed E-state index contributed by atoms with van der Waals surface area (Å²) in [5.74, 6) is 0. The largest absolute Gasteiger partial charge is 0.248 e. The van der Waals surface area contributed by atoms with Crippen LogP contribution in [0, 0.1) is 20.8 Å². The van der Waals surface area contributed by atoms with E-state index >= 15 is 0 Å². The highest BCUT2D eigenvalue weighted by Gasteiger charge is 2.09. The van der Waals surface area contributed by atoms with Gasteiger partial charge in [0.15, 0.2) is 0 Å². The fraction of sp³-hybridized carbons (Fsp3) is 0.125. The molecular formula is C24H21N. The number of nitrogens with zero attached hydrogens (tertiary/aromatic N) is 1. The van der Waals surface area contributed by atoms with Crippen molar-refractivity contribution in [2.24, 2.45) is 0 Å². The summed E-state index contributed by atoms with van der Waals surface area (Å²) in [7, 11) is 0. The molecule has 0 N–H and O–H groups in total. The lowest BCUT2D eigenvalue weighted by molar-refractivity contribution is 1.34. The first-order chi connectivity index (χ1) is 12.1. The zero-order chi connectivity index (χ0) is 17.4. The highest BCUT2D eigenvalue weighted by atomic mass is 14.7. The van der Waals surface area contributed by atoms with Gasteiger partial charge in [0, 0.05) is 10.9 Å². The molecule has 0 radical (unpaired) electrons. The highest BCUT2D eigenvalue weighted by Crippen LogP contribution is 2.32. The molecular weight excluding hydrogens is 302 g/mol.